The zero-order valence-electron chi connectivity index (χ0n) is 14.3. The summed E-state index contributed by atoms with van der Waals surface area (Å²) in [4.78, 5) is 18.7. The van der Waals surface area contributed by atoms with Gasteiger partial charge < -0.3 is 9.64 Å². The number of carbonyl (C=O) groups is 1. The third-order valence-electron chi connectivity index (χ3n) is 4.52. The molecule has 0 unspecified atom stereocenters. The van der Waals surface area contributed by atoms with E-state index in [0.717, 1.165) is 25.9 Å². The highest BCUT2D eigenvalue weighted by Gasteiger charge is 2.22. The Morgan fingerprint density at radius 1 is 1.23 bits per heavy atom. The van der Waals surface area contributed by atoms with Crippen molar-refractivity contribution in [3.8, 4) is 5.75 Å². The van der Waals surface area contributed by atoms with Crippen molar-refractivity contribution in [1.29, 1.82) is 0 Å². The van der Waals surface area contributed by atoms with Gasteiger partial charge in [-0.05, 0) is 37.0 Å². The van der Waals surface area contributed by atoms with Gasteiger partial charge in [0.2, 0.25) is 0 Å². The van der Waals surface area contributed by atoms with Crippen LogP contribution in [0.3, 0.4) is 0 Å². The van der Waals surface area contributed by atoms with Crippen molar-refractivity contribution >= 4 is 40.7 Å². The van der Waals surface area contributed by atoms with Gasteiger partial charge in [0.05, 0.1) is 15.6 Å². The van der Waals surface area contributed by atoms with E-state index in [9.17, 15) is 4.79 Å². The molecule has 1 aromatic heterocycles. The fourth-order valence-corrected chi connectivity index (χ4v) is 3.54. The lowest BCUT2D eigenvalue weighted by Gasteiger charge is -2.30. The molecule has 4 nitrogen and oxygen atoms in total. The van der Waals surface area contributed by atoms with Crippen molar-refractivity contribution in [3.05, 3.63) is 56.8 Å². The predicted molar refractivity (Wildman–Crippen MR) is 104 cm³/mol. The number of hydrogen-bond acceptors (Lipinski definition) is 3. The second-order valence-electron chi connectivity index (χ2n) is 6.49. The highest BCUT2D eigenvalue weighted by atomic mass is 35.5. The van der Waals surface area contributed by atoms with Crippen LogP contribution in [-0.2, 0) is 6.61 Å². The van der Waals surface area contributed by atoms with Crippen molar-refractivity contribution in [1.82, 2.24) is 9.88 Å². The minimum atomic E-state index is -0.0295. The van der Waals surface area contributed by atoms with Crippen LogP contribution in [0.2, 0.25) is 15.2 Å². The minimum Gasteiger partial charge on any atom is -0.486 e. The number of likely N-dealkylation sites (tertiary alicyclic amines) is 1. The first-order valence-electron chi connectivity index (χ1n) is 8.46. The Hall–Kier alpha value is -1.49. The van der Waals surface area contributed by atoms with Crippen LogP contribution in [0, 0.1) is 5.92 Å². The van der Waals surface area contributed by atoms with Crippen LogP contribution in [0.25, 0.3) is 0 Å². The van der Waals surface area contributed by atoms with Crippen LogP contribution in [0.15, 0.2) is 30.5 Å². The standard InChI is InChI=1S/C19H19Cl3N2O2/c1-12-5-7-24(8-6-12)19(25)13-9-14(18(22)23-10-13)11-26-17-15(20)3-2-4-16(17)21/h2-4,9-10,12H,5-8,11H2,1H3. The third-order valence-corrected chi connectivity index (χ3v) is 5.46. The summed E-state index contributed by atoms with van der Waals surface area (Å²) < 4.78 is 5.72. The van der Waals surface area contributed by atoms with E-state index < -0.39 is 0 Å². The van der Waals surface area contributed by atoms with Crippen LogP contribution < -0.4 is 4.74 Å². The van der Waals surface area contributed by atoms with Gasteiger partial charge in [0.25, 0.3) is 5.91 Å². The Balaban J connectivity index is 1.74. The van der Waals surface area contributed by atoms with E-state index in [0.29, 0.717) is 32.8 Å². The van der Waals surface area contributed by atoms with Gasteiger partial charge in [-0.1, -0.05) is 47.8 Å². The third kappa shape index (κ3) is 4.43. The summed E-state index contributed by atoms with van der Waals surface area (Å²) in [5, 5.41) is 1.12. The summed E-state index contributed by atoms with van der Waals surface area (Å²) in [6, 6.07) is 6.85. The van der Waals surface area contributed by atoms with Crippen LogP contribution in [0.1, 0.15) is 35.7 Å². The molecule has 0 N–H and O–H groups in total. The van der Waals surface area contributed by atoms with E-state index in [-0.39, 0.29) is 17.7 Å². The van der Waals surface area contributed by atoms with Gasteiger partial charge in [0.1, 0.15) is 11.8 Å². The molecule has 2 aromatic rings. The van der Waals surface area contributed by atoms with Gasteiger partial charge in [-0.15, -0.1) is 0 Å². The first-order chi connectivity index (χ1) is 12.5. The number of piperidine rings is 1. The molecule has 0 saturated carbocycles. The van der Waals surface area contributed by atoms with E-state index >= 15 is 0 Å². The zero-order chi connectivity index (χ0) is 18.7. The molecule has 0 radical (unpaired) electrons. The minimum absolute atomic E-state index is 0.0295. The molecule has 0 aliphatic carbocycles. The molecule has 2 heterocycles. The van der Waals surface area contributed by atoms with Gasteiger partial charge >= 0.3 is 0 Å². The lowest BCUT2D eigenvalue weighted by Crippen LogP contribution is -2.38. The SMILES string of the molecule is CC1CCN(C(=O)c2cnc(Cl)c(COc3c(Cl)cccc3Cl)c2)CC1. The number of aromatic nitrogens is 1. The molecule has 0 bridgehead atoms. The number of pyridine rings is 1. The molecule has 1 aromatic carbocycles. The summed E-state index contributed by atoms with van der Waals surface area (Å²) in [6.45, 7) is 3.86. The van der Waals surface area contributed by atoms with Gasteiger partial charge in [-0.2, -0.15) is 0 Å². The molecule has 1 saturated heterocycles. The molecule has 1 fully saturated rings. The summed E-state index contributed by atoms with van der Waals surface area (Å²) >= 11 is 18.4. The van der Waals surface area contributed by atoms with E-state index in [1.165, 1.54) is 6.20 Å². The van der Waals surface area contributed by atoms with Crippen molar-refractivity contribution in [2.75, 3.05) is 13.1 Å². The number of ether oxygens (including phenoxy) is 1. The summed E-state index contributed by atoms with van der Waals surface area (Å²) in [6.07, 6.45) is 3.55. The second-order valence-corrected chi connectivity index (χ2v) is 7.66. The maximum absolute atomic E-state index is 12.7. The first-order valence-corrected chi connectivity index (χ1v) is 9.59. The maximum atomic E-state index is 12.7. The quantitative estimate of drug-likeness (QED) is 0.622. The fraction of sp³-hybridized carbons (Fsp3) is 0.368. The van der Waals surface area contributed by atoms with Crippen molar-refractivity contribution in [3.63, 3.8) is 0 Å². The molecular weight excluding hydrogens is 395 g/mol. The lowest BCUT2D eigenvalue weighted by atomic mass is 9.99. The molecule has 1 aliphatic rings. The molecule has 26 heavy (non-hydrogen) atoms. The summed E-state index contributed by atoms with van der Waals surface area (Å²) in [7, 11) is 0. The summed E-state index contributed by atoms with van der Waals surface area (Å²) in [5.74, 6) is 1.01. The van der Waals surface area contributed by atoms with Crippen LogP contribution in [0.5, 0.6) is 5.75 Å². The predicted octanol–water partition coefficient (Wildman–Crippen LogP) is 5.49. The molecular formula is C19H19Cl3N2O2. The van der Waals surface area contributed by atoms with E-state index in [4.69, 9.17) is 39.5 Å². The molecule has 1 aliphatic heterocycles. The number of nitrogens with zero attached hydrogens (tertiary/aromatic N) is 2. The van der Waals surface area contributed by atoms with Crippen molar-refractivity contribution in [2.45, 2.75) is 26.4 Å². The van der Waals surface area contributed by atoms with Gasteiger partial charge in [-0.25, -0.2) is 4.98 Å². The molecule has 0 atom stereocenters. The van der Waals surface area contributed by atoms with Crippen molar-refractivity contribution in [2.24, 2.45) is 5.92 Å². The molecule has 3 rings (SSSR count). The van der Waals surface area contributed by atoms with Crippen molar-refractivity contribution < 1.29 is 9.53 Å². The number of halogens is 3. The maximum Gasteiger partial charge on any atom is 0.255 e. The Labute approximate surface area is 168 Å². The summed E-state index contributed by atoms with van der Waals surface area (Å²) in [5.41, 5.74) is 1.12. The molecule has 1 amide bonds. The number of benzene rings is 1. The van der Waals surface area contributed by atoms with E-state index in [1.54, 1.807) is 24.3 Å². The van der Waals surface area contributed by atoms with Crippen LogP contribution in [0.4, 0.5) is 0 Å². The highest BCUT2D eigenvalue weighted by Crippen LogP contribution is 2.33. The molecule has 138 valence electrons. The monoisotopic (exact) mass is 412 g/mol. The Bertz CT molecular complexity index is 785. The normalized spacial score (nSPS) is 15.2. The van der Waals surface area contributed by atoms with E-state index in [2.05, 4.69) is 11.9 Å². The number of hydrogen-bond donors (Lipinski definition) is 0. The van der Waals surface area contributed by atoms with Crippen LogP contribution in [-0.4, -0.2) is 28.9 Å². The van der Waals surface area contributed by atoms with Crippen LogP contribution >= 0.6 is 34.8 Å². The Morgan fingerprint density at radius 3 is 2.54 bits per heavy atom. The number of rotatable bonds is 4. The van der Waals surface area contributed by atoms with Gasteiger partial charge in [-0.3, -0.25) is 4.79 Å². The topological polar surface area (TPSA) is 42.4 Å². The number of para-hydroxylation sites is 1. The average molecular weight is 414 g/mol. The first kappa shape index (κ1) is 19.3. The number of amides is 1. The van der Waals surface area contributed by atoms with Gasteiger partial charge in [0.15, 0.2) is 5.75 Å². The fourth-order valence-electron chi connectivity index (χ4n) is 2.88. The second kappa shape index (κ2) is 8.47. The average Bonchev–Trinajstić information content (AvgIpc) is 2.63. The zero-order valence-corrected chi connectivity index (χ0v) is 16.6. The Kier molecular flexibility index (Phi) is 6.28. The highest BCUT2D eigenvalue weighted by molar-refractivity contribution is 6.37. The number of carbonyl (C=O) groups excluding carboxylic acids is 1. The smallest absolute Gasteiger partial charge is 0.255 e. The molecule has 7 heteroatoms. The van der Waals surface area contributed by atoms with E-state index in [1.807, 2.05) is 4.90 Å². The van der Waals surface area contributed by atoms with Gasteiger partial charge in [0, 0.05) is 24.8 Å². The Morgan fingerprint density at radius 2 is 1.88 bits per heavy atom. The lowest BCUT2D eigenvalue weighted by molar-refractivity contribution is 0.0696. The molecule has 0 spiro atoms. The largest absolute Gasteiger partial charge is 0.486 e.